The number of hydrogen-bond acceptors (Lipinski definition) is 2. The van der Waals surface area contributed by atoms with Crippen molar-refractivity contribution >= 4 is 5.97 Å². The van der Waals surface area contributed by atoms with E-state index < -0.39 is 47.8 Å². The van der Waals surface area contributed by atoms with E-state index in [0.29, 0.717) is 0 Å². The zero-order valence-corrected chi connectivity index (χ0v) is 9.63. The molecule has 0 saturated heterocycles. The lowest BCUT2D eigenvalue weighted by Crippen LogP contribution is -2.52. The Morgan fingerprint density at radius 3 is 2.00 bits per heavy atom. The molecule has 18 heavy (non-hydrogen) atoms. The Labute approximate surface area is 99.6 Å². The van der Waals surface area contributed by atoms with Crippen molar-refractivity contribution in [2.24, 2.45) is 17.3 Å². The summed E-state index contributed by atoms with van der Waals surface area (Å²) in [5.41, 5.74) is -5.18. The monoisotopic (exact) mass is 276 g/mol. The molecule has 8 heteroatoms. The average molecular weight is 276 g/mol. The first-order valence-electron chi connectivity index (χ1n) is 5.15. The summed E-state index contributed by atoms with van der Waals surface area (Å²) in [5.74, 6) is -3.62. The maximum absolute atomic E-state index is 12.4. The van der Waals surface area contributed by atoms with Crippen LogP contribution in [0.5, 0.6) is 0 Å². The van der Waals surface area contributed by atoms with Gasteiger partial charge in [-0.05, 0) is 17.8 Å². The molecule has 2 N–H and O–H groups in total. The standard InChI is InChI=1S/C10H13F5O3/c1-8(2)4(5(8)6(16)17)3-9(18,7(11)12)10(13,14)15/h4-5,7,18H,3H2,1-2H3,(H,16,17). The van der Waals surface area contributed by atoms with E-state index in [4.69, 9.17) is 10.2 Å². The molecule has 1 aliphatic rings. The van der Waals surface area contributed by atoms with E-state index in [-0.39, 0.29) is 0 Å². The Hall–Kier alpha value is -0.920. The van der Waals surface area contributed by atoms with Gasteiger partial charge in [0.1, 0.15) is 0 Å². The lowest BCUT2D eigenvalue weighted by atomic mass is 9.93. The third-order valence-corrected chi connectivity index (χ3v) is 3.70. The second-order valence-corrected chi connectivity index (χ2v) is 5.17. The molecule has 1 fully saturated rings. The fraction of sp³-hybridized carbons (Fsp3) is 0.900. The van der Waals surface area contributed by atoms with Gasteiger partial charge in [0.2, 0.25) is 5.60 Å². The zero-order chi connectivity index (χ0) is 14.5. The van der Waals surface area contributed by atoms with Crippen LogP contribution < -0.4 is 0 Å². The average Bonchev–Trinajstić information content (AvgIpc) is 2.65. The van der Waals surface area contributed by atoms with Crippen molar-refractivity contribution in [3.63, 3.8) is 0 Å². The van der Waals surface area contributed by atoms with Crippen LogP contribution in [0.25, 0.3) is 0 Å². The Kier molecular flexibility index (Phi) is 3.40. The molecule has 1 rings (SSSR count). The molecule has 0 aromatic carbocycles. The summed E-state index contributed by atoms with van der Waals surface area (Å²) in [6, 6.07) is 0. The van der Waals surface area contributed by atoms with Crippen LogP contribution in [-0.2, 0) is 4.79 Å². The van der Waals surface area contributed by atoms with E-state index in [2.05, 4.69) is 0 Å². The zero-order valence-electron chi connectivity index (χ0n) is 9.63. The highest BCUT2D eigenvalue weighted by Crippen LogP contribution is 2.62. The number of halogens is 5. The number of hydrogen-bond donors (Lipinski definition) is 2. The van der Waals surface area contributed by atoms with Crippen molar-refractivity contribution in [3.05, 3.63) is 0 Å². The lowest BCUT2D eigenvalue weighted by molar-refractivity contribution is -0.302. The Balaban J connectivity index is 2.93. The number of aliphatic carboxylic acids is 1. The number of carbonyl (C=O) groups is 1. The first-order valence-corrected chi connectivity index (χ1v) is 5.15. The molecule has 106 valence electrons. The normalized spacial score (nSPS) is 30.1. The third-order valence-electron chi connectivity index (χ3n) is 3.70. The van der Waals surface area contributed by atoms with Crippen molar-refractivity contribution in [1.29, 1.82) is 0 Å². The van der Waals surface area contributed by atoms with Crippen LogP contribution in [0.1, 0.15) is 20.3 Å². The molecule has 3 nitrogen and oxygen atoms in total. The van der Waals surface area contributed by atoms with E-state index in [9.17, 15) is 26.7 Å². The van der Waals surface area contributed by atoms with Crippen molar-refractivity contribution in [3.8, 4) is 0 Å². The van der Waals surface area contributed by atoms with Gasteiger partial charge in [-0.1, -0.05) is 13.8 Å². The number of alkyl halides is 5. The van der Waals surface area contributed by atoms with Gasteiger partial charge < -0.3 is 10.2 Å². The second kappa shape index (κ2) is 4.04. The summed E-state index contributed by atoms with van der Waals surface area (Å²) in [5, 5.41) is 17.8. The fourth-order valence-electron chi connectivity index (χ4n) is 2.28. The summed E-state index contributed by atoms with van der Waals surface area (Å²) in [4.78, 5) is 10.7. The van der Waals surface area contributed by atoms with E-state index in [1.807, 2.05) is 0 Å². The molecule has 0 bridgehead atoms. The largest absolute Gasteiger partial charge is 0.481 e. The van der Waals surface area contributed by atoms with Crippen LogP contribution in [0, 0.1) is 17.3 Å². The highest BCUT2D eigenvalue weighted by atomic mass is 19.4. The molecule has 0 aromatic rings. The van der Waals surface area contributed by atoms with E-state index in [1.54, 1.807) is 0 Å². The van der Waals surface area contributed by atoms with Gasteiger partial charge in [0, 0.05) is 0 Å². The highest BCUT2D eigenvalue weighted by Gasteiger charge is 2.69. The summed E-state index contributed by atoms with van der Waals surface area (Å²) in [6.07, 6.45) is -10.8. The minimum Gasteiger partial charge on any atom is -0.481 e. The molecule has 0 spiro atoms. The van der Waals surface area contributed by atoms with Gasteiger partial charge in [0.05, 0.1) is 5.92 Å². The molecular formula is C10H13F5O3. The van der Waals surface area contributed by atoms with Crippen molar-refractivity contribution in [1.82, 2.24) is 0 Å². The Morgan fingerprint density at radius 1 is 1.33 bits per heavy atom. The van der Waals surface area contributed by atoms with Crippen molar-refractivity contribution in [2.45, 2.75) is 38.5 Å². The predicted molar refractivity (Wildman–Crippen MR) is 50.0 cm³/mol. The van der Waals surface area contributed by atoms with E-state index >= 15 is 0 Å². The summed E-state index contributed by atoms with van der Waals surface area (Å²) in [6.45, 7) is 2.75. The third kappa shape index (κ3) is 2.17. The lowest BCUT2D eigenvalue weighted by Gasteiger charge is -2.30. The molecule has 0 aliphatic heterocycles. The number of rotatable bonds is 4. The van der Waals surface area contributed by atoms with E-state index in [1.165, 1.54) is 13.8 Å². The molecule has 1 saturated carbocycles. The van der Waals surface area contributed by atoms with Gasteiger partial charge in [-0.25, -0.2) is 8.78 Å². The van der Waals surface area contributed by atoms with Gasteiger partial charge in [-0.3, -0.25) is 4.79 Å². The van der Waals surface area contributed by atoms with Gasteiger partial charge in [-0.15, -0.1) is 0 Å². The molecular weight excluding hydrogens is 263 g/mol. The molecule has 1 aliphatic carbocycles. The van der Waals surface area contributed by atoms with Crippen LogP contribution >= 0.6 is 0 Å². The molecule has 3 unspecified atom stereocenters. The van der Waals surface area contributed by atoms with E-state index in [0.717, 1.165) is 0 Å². The molecule has 0 heterocycles. The maximum atomic E-state index is 12.4. The number of aliphatic hydroxyl groups is 1. The SMILES string of the molecule is CC1(C)C(CC(O)(C(F)F)C(F)(F)F)C1C(=O)O. The minimum atomic E-state index is -5.50. The van der Waals surface area contributed by atoms with Crippen LogP contribution in [-0.4, -0.2) is 34.4 Å². The quantitative estimate of drug-likeness (QED) is 0.774. The second-order valence-electron chi connectivity index (χ2n) is 5.17. The summed E-state index contributed by atoms with van der Waals surface area (Å²) < 4.78 is 62.2. The summed E-state index contributed by atoms with van der Waals surface area (Å²) >= 11 is 0. The van der Waals surface area contributed by atoms with Crippen LogP contribution in [0.3, 0.4) is 0 Å². The number of carboxylic acids is 1. The molecule has 0 radical (unpaired) electrons. The van der Waals surface area contributed by atoms with Gasteiger partial charge >= 0.3 is 12.1 Å². The van der Waals surface area contributed by atoms with Crippen molar-refractivity contribution in [2.75, 3.05) is 0 Å². The maximum Gasteiger partial charge on any atom is 0.422 e. The summed E-state index contributed by atoms with van der Waals surface area (Å²) in [7, 11) is 0. The minimum absolute atomic E-state index is 1.03. The molecule has 3 atom stereocenters. The molecule has 0 aromatic heterocycles. The van der Waals surface area contributed by atoms with Crippen molar-refractivity contribution < 1.29 is 37.0 Å². The topological polar surface area (TPSA) is 57.5 Å². The van der Waals surface area contributed by atoms with Crippen LogP contribution in [0.2, 0.25) is 0 Å². The first kappa shape index (κ1) is 15.1. The Bertz CT molecular complexity index is 352. The van der Waals surface area contributed by atoms with Gasteiger partial charge in [0.15, 0.2) is 0 Å². The van der Waals surface area contributed by atoms with Crippen LogP contribution in [0.4, 0.5) is 22.0 Å². The number of carboxylic acid groups (broad SMARTS) is 1. The smallest absolute Gasteiger partial charge is 0.422 e. The predicted octanol–water partition coefficient (Wildman–Crippen LogP) is 2.29. The first-order chi connectivity index (χ1) is 7.85. The fourth-order valence-corrected chi connectivity index (χ4v) is 2.28. The van der Waals surface area contributed by atoms with Crippen LogP contribution in [0.15, 0.2) is 0 Å². The highest BCUT2D eigenvalue weighted by molar-refractivity contribution is 5.75. The molecule has 0 amide bonds. The Morgan fingerprint density at radius 2 is 1.78 bits per heavy atom. The van der Waals surface area contributed by atoms with Gasteiger partial charge in [-0.2, -0.15) is 13.2 Å². The van der Waals surface area contributed by atoms with Gasteiger partial charge in [0.25, 0.3) is 6.43 Å².